The first-order valence-electron chi connectivity index (χ1n) is 10.5. The first-order valence-corrected chi connectivity index (χ1v) is 10.5. The lowest BCUT2D eigenvalue weighted by atomic mass is 10.1. The van der Waals surface area contributed by atoms with Crippen molar-refractivity contribution in [3.8, 4) is 11.4 Å². The summed E-state index contributed by atoms with van der Waals surface area (Å²) >= 11 is 0. The largest absolute Gasteiger partial charge is 0.480 e. The van der Waals surface area contributed by atoms with Crippen molar-refractivity contribution in [3.05, 3.63) is 51.9 Å². The number of pyridine rings is 1. The second-order valence-corrected chi connectivity index (χ2v) is 8.18. The van der Waals surface area contributed by atoms with E-state index in [1.54, 1.807) is 31.8 Å². The van der Waals surface area contributed by atoms with Gasteiger partial charge in [-0.15, -0.1) is 12.4 Å². The van der Waals surface area contributed by atoms with E-state index >= 15 is 0 Å². The Kier molecular flexibility index (Phi) is 8.79. The molecule has 0 bridgehead atoms. The van der Waals surface area contributed by atoms with Gasteiger partial charge < -0.3 is 24.1 Å². The van der Waals surface area contributed by atoms with E-state index in [-0.39, 0.29) is 30.6 Å². The number of rotatable bonds is 9. The van der Waals surface area contributed by atoms with Crippen LogP contribution in [0.3, 0.4) is 0 Å². The first kappa shape index (κ1) is 26.5. The van der Waals surface area contributed by atoms with Gasteiger partial charge in [0.05, 0.1) is 29.8 Å². The molecule has 0 aliphatic heterocycles. The van der Waals surface area contributed by atoms with Gasteiger partial charge in [-0.2, -0.15) is 0 Å². The summed E-state index contributed by atoms with van der Waals surface area (Å²) in [5.74, 6) is -0.383. The Balaban J connectivity index is 0.00000385. The highest BCUT2D eigenvalue weighted by Crippen LogP contribution is 2.26. The highest BCUT2D eigenvalue weighted by Gasteiger charge is 2.22. The molecule has 2 aromatic heterocycles. The van der Waals surface area contributed by atoms with Crippen LogP contribution in [-0.2, 0) is 29.7 Å². The van der Waals surface area contributed by atoms with Gasteiger partial charge in [0.2, 0.25) is 0 Å². The van der Waals surface area contributed by atoms with Crippen molar-refractivity contribution in [1.29, 1.82) is 0 Å². The Hall–Kier alpha value is -2.72. The number of carbonyl (C=O) groups is 1. The SMILES string of the molecule is COC(C)Cn1c(-c2cc(C)c(=O)n(C)c2)nc2cc(CN[C@H](C(=O)O)[C@@H](C)O)ccc21.Cl. The third-order valence-electron chi connectivity index (χ3n) is 5.55. The first-order chi connectivity index (χ1) is 15.1. The Morgan fingerprint density at radius 2 is 1.97 bits per heavy atom. The number of imidazole rings is 1. The summed E-state index contributed by atoms with van der Waals surface area (Å²) in [7, 11) is 3.37. The molecule has 0 spiro atoms. The molecule has 3 rings (SSSR count). The zero-order valence-corrected chi connectivity index (χ0v) is 20.2. The standard InChI is InChI=1S/C23H30N4O5.ClH/c1-13-8-17(12-26(4)22(13)29)21-25-18-9-16(10-24-20(15(3)28)23(30)31)6-7-19(18)27(21)11-14(2)32-5;/h6-9,12,14-15,20,24,28H,10-11H2,1-5H3,(H,30,31);1H/t14?,15-,20+;/m1./s1. The van der Waals surface area contributed by atoms with Gasteiger partial charge in [-0.3, -0.25) is 14.9 Å². The molecule has 0 amide bonds. The van der Waals surface area contributed by atoms with Crippen LogP contribution < -0.4 is 10.9 Å². The fourth-order valence-corrected chi connectivity index (χ4v) is 3.71. The summed E-state index contributed by atoms with van der Waals surface area (Å²) in [4.78, 5) is 28.3. The monoisotopic (exact) mass is 478 g/mol. The molecule has 0 aliphatic carbocycles. The Labute approximate surface area is 198 Å². The van der Waals surface area contributed by atoms with Crippen molar-refractivity contribution in [2.24, 2.45) is 7.05 Å². The number of aryl methyl sites for hydroxylation is 2. The van der Waals surface area contributed by atoms with Crippen LogP contribution in [0.5, 0.6) is 0 Å². The van der Waals surface area contributed by atoms with Gasteiger partial charge in [0, 0.05) is 38.0 Å². The summed E-state index contributed by atoms with van der Waals surface area (Å²) in [6, 6.07) is 6.52. The fraction of sp³-hybridized carbons (Fsp3) is 0.435. The summed E-state index contributed by atoms with van der Waals surface area (Å²) in [6.45, 7) is 6.04. The maximum atomic E-state index is 12.1. The topological polar surface area (TPSA) is 119 Å². The van der Waals surface area contributed by atoms with Gasteiger partial charge in [0.25, 0.3) is 5.56 Å². The molecule has 2 heterocycles. The van der Waals surface area contributed by atoms with Crippen LogP contribution in [0.4, 0.5) is 0 Å². The summed E-state index contributed by atoms with van der Waals surface area (Å²) in [5.41, 5.74) is 3.90. The Morgan fingerprint density at radius 1 is 1.27 bits per heavy atom. The smallest absolute Gasteiger partial charge is 0.323 e. The lowest BCUT2D eigenvalue weighted by molar-refractivity contribution is -0.142. The second-order valence-electron chi connectivity index (χ2n) is 8.18. The number of nitrogens with one attached hydrogen (secondary N) is 1. The van der Waals surface area contributed by atoms with Crippen molar-refractivity contribution in [1.82, 2.24) is 19.4 Å². The molecule has 3 atom stereocenters. The third-order valence-corrected chi connectivity index (χ3v) is 5.55. The van der Waals surface area contributed by atoms with Crippen LogP contribution in [0.1, 0.15) is 25.0 Å². The normalized spacial score (nSPS) is 14.0. The summed E-state index contributed by atoms with van der Waals surface area (Å²) < 4.78 is 9.08. The lowest BCUT2D eigenvalue weighted by Gasteiger charge is -2.17. The predicted molar refractivity (Wildman–Crippen MR) is 129 cm³/mol. The number of methoxy groups -OCH3 is 1. The van der Waals surface area contributed by atoms with Gasteiger partial charge in [-0.1, -0.05) is 6.07 Å². The number of carboxylic acids is 1. The minimum atomic E-state index is -1.11. The minimum Gasteiger partial charge on any atom is -0.480 e. The number of aliphatic hydroxyl groups excluding tert-OH is 1. The van der Waals surface area contributed by atoms with Crippen LogP contribution >= 0.6 is 12.4 Å². The molecule has 3 aromatic rings. The number of benzene rings is 1. The molecule has 0 fully saturated rings. The maximum absolute atomic E-state index is 12.1. The number of carboxylic acid groups (broad SMARTS) is 1. The Bertz CT molecular complexity index is 1160. The van der Waals surface area contributed by atoms with Gasteiger partial charge in [-0.25, -0.2) is 4.98 Å². The van der Waals surface area contributed by atoms with E-state index in [0.29, 0.717) is 12.1 Å². The second kappa shape index (κ2) is 10.9. The predicted octanol–water partition coefficient (Wildman–Crippen LogP) is 2.09. The number of halogens is 1. The molecule has 9 nitrogen and oxygen atoms in total. The summed E-state index contributed by atoms with van der Waals surface area (Å²) in [6.07, 6.45) is 0.696. The third kappa shape index (κ3) is 5.80. The van der Waals surface area contributed by atoms with E-state index in [1.807, 2.05) is 31.2 Å². The number of aromatic nitrogens is 3. The number of hydrogen-bond donors (Lipinski definition) is 3. The van der Waals surface area contributed by atoms with Gasteiger partial charge in [0.15, 0.2) is 0 Å². The average Bonchev–Trinajstić information content (AvgIpc) is 3.08. The van der Waals surface area contributed by atoms with E-state index in [9.17, 15) is 19.8 Å². The molecule has 1 unspecified atom stereocenters. The van der Waals surface area contributed by atoms with Crippen molar-refractivity contribution in [2.45, 2.75) is 52.1 Å². The van der Waals surface area contributed by atoms with Gasteiger partial charge >= 0.3 is 5.97 Å². The van der Waals surface area contributed by atoms with Gasteiger partial charge in [-0.05, 0) is 44.5 Å². The number of fused-ring (bicyclic) bond motifs is 1. The van der Waals surface area contributed by atoms with E-state index in [2.05, 4.69) is 9.88 Å². The number of hydrogen-bond acceptors (Lipinski definition) is 6. The lowest BCUT2D eigenvalue weighted by Crippen LogP contribution is -2.44. The van der Waals surface area contributed by atoms with E-state index in [0.717, 1.165) is 28.0 Å². The number of nitrogens with zero attached hydrogens (tertiary/aromatic N) is 3. The average molecular weight is 479 g/mol. The van der Waals surface area contributed by atoms with E-state index < -0.39 is 18.1 Å². The molecule has 180 valence electrons. The van der Waals surface area contributed by atoms with Crippen LogP contribution in [0.2, 0.25) is 0 Å². The minimum absolute atomic E-state index is 0. The summed E-state index contributed by atoms with van der Waals surface area (Å²) in [5, 5.41) is 21.8. The molecular formula is C23H31ClN4O5. The van der Waals surface area contributed by atoms with Crippen molar-refractivity contribution < 1.29 is 19.7 Å². The molecule has 1 aromatic carbocycles. The zero-order chi connectivity index (χ0) is 23.6. The number of aliphatic carboxylic acids is 1. The van der Waals surface area contributed by atoms with Gasteiger partial charge in [0.1, 0.15) is 11.9 Å². The molecule has 0 saturated heterocycles. The van der Waals surface area contributed by atoms with Crippen LogP contribution in [-0.4, -0.2) is 55.7 Å². The molecule has 0 radical (unpaired) electrons. The number of aliphatic hydroxyl groups is 1. The molecular weight excluding hydrogens is 448 g/mol. The molecule has 0 saturated carbocycles. The van der Waals surface area contributed by atoms with Crippen molar-refractivity contribution in [2.75, 3.05) is 7.11 Å². The van der Waals surface area contributed by atoms with E-state index in [1.165, 1.54) is 6.92 Å². The highest BCUT2D eigenvalue weighted by molar-refractivity contribution is 5.85. The molecule has 0 aliphatic rings. The fourth-order valence-electron chi connectivity index (χ4n) is 3.71. The quantitative estimate of drug-likeness (QED) is 0.431. The molecule has 3 N–H and O–H groups in total. The highest BCUT2D eigenvalue weighted by atomic mass is 35.5. The van der Waals surface area contributed by atoms with Crippen LogP contribution in [0, 0.1) is 6.92 Å². The zero-order valence-electron chi connectivity index (χ0n) is 19.4. The van der Waals surface area contributed by atoms with E-state index in [4.69, 9.17) is 9.72 Å². The Morgan fingerprint density at radius 3 is 2.55 bits per heavy atom. The van der Waals surface area contributed by atoms with Crippen molar-refractivity contribution in [3.63, 3.8) is 0 Å². The van der Waals surface area contributed by atoms with Crippen LogP contribution in [0.15, 0.2) is 35.3 Å². The van der Waals surface area contributed by atoms with Crippen LogP contribution in [0.25, 0.3) is 22.4 Å². The molecule has 10 heteroatoms. The van der Waals surface area contributed by atoms with Crippen molar-refractivity contribution >= 4 is 29.4 Å². The molecule has 33 heavy (non-hydrogen) atoms. The number of ether oxygens (including phenoxy) is 1. The maximum Gasteiger partial charge on any atom is 0.323 e.